The molecular weight excluding hydrogens is 390 g/mol. The molecule has 0 radical (unpaired) electrons. The first-order valence-electron chi connectivity index (χ1n) is 10.4. The van der Waals surface area contributed by atoms with Gasteiger partial charge in [0.05, 0.1) is 17.5 Å². The molecule has 156 valence electrons. The summed E-state index contributed by atoms with van der Waals surface area (Å²) in [5.41, 5.74) is 10.2. The number of para-hydroxylation sites is 1. The van der Waals surface area contributed by atoms with Gasteiger partial charge in [-0.25, -0.2) is 4.99 Å². The highest BCUT2D eigenvalue weighted by Crippen LogP contribution is 2.33. The second kappa shape index (κ2) is 7.12. The van der Waals surface area contributed by atoms with Crippen molar-refractivity contribution in [2.24, 2.45) is 10.7 Å². The molecule has 3 aromatic rings. The summed E-state index contributed by atoms with van der Waals surface area (Å²) in [6, 6.07) is 13.8. The minimum Gasteiger partial charge on any atom is -0.455 e. The third-order valence-corrected chi connectivity index (χ3v) is 5.91. The van der Waals surface area contributed by atoms with Crippen LogP contribution in [0.1, 0.15) is 35.3 Å². The summed E-state index contributed by atoms with van der Waals surface area (Å²) in [5.74, 6) is 0.253. The third-order valence-electron chi connectivity index (χ3n) is 5.91. The van der Waals surface area contributed by atoms with Gasteiger partial charge >= 0.3 is 0 Å². The number of benzene rings is 2. The normalized spacial score (nSPS) is 12.8. The highest BCUT2D eigenvalue weighted by atomic mass is 16.5. The van der Waals surface area contributed by atoms with Gasteiger partial charge in [-0.05, 0) is 43.7 Å². The second-order valence-electron chi connectivity index (χ2n) is 7.62. The molecule has 31 heavy (non-hydrogen) atoms. The van der Waals surface area contributed by atoms with Crippen molar-refractivity contribution in [3.8, 4) is 11.5 Å². The SMILES string of the molecule is CCN(CC)c1ccc2c(c1)Oc1c(C(N)=O)c(=N)n3c(c1=C2)=Nc1ccccc1C3. The maximum Gasteiger partial charge on any atom is 0.256 e. The average Bonchev–Trinajstić information content (AvgIpc) is 2.78. The number of ether oxygens (including phenoxy) is 1. The fourth-order valence-electron chi connectivity index (χ4n) is 4.29. The summed E-state index contributed by atoms with van der Waals surface area (Å²) in [6.45, 7) is 6.41. The maximum atomic E-state index is 12.4. The van der Waals surface area contributed by atoms with E-state index in [0.29, 0.717) is 28.8 Å². The largest absolute Gasteiger partial charge is 0.455 e. The number of carbonyl (C=O) groups excluding carboxylic acids is 1. The number of hydrogen-bond donors (Lipinski definition) is 2. The number of rotatable bonds is 4. The molecule has 0 atom stereocenters. The Hall–Kier alpha value is -3.87. The van der Waals surface area contributed by atoms with Gasteiger partial charge in [-0.2, -0.15) is 0 Å². The number of amides is 1. The van der Waals surface area contributed by atoms with E-state index in [9.17, 15) is 4.79 Å². The molecule has 0 spiro atoms. The molecule has 2 aliphatic heterocycles. The highest BCUT2D eigenvalue weighted by molar-refractivity contribution is 5.95. The van der Waals surface area contributed by atoms with Crippen LogP contribution >= 0.6 is 0 Å². The van der Waals surface area contributed by atoms with E-state index in [0.717, 1.165) is 35.6 Å². The van der Waals surface area contributed by atoms with Crippen LogP contribution in [0.5, 0.6) is 11.5 Å². The maximum absolute atomic E-state index is 12.4. The van der Waals surface area contributed by atoms with E-state index in [2.05, 4.69) is 24.8 Å². The minimum absolute atomic E-state index is 0.0104. The standard InChI is InChI=1S/C24H23N5O2/c1-3-28(4-2)16-10-9-14-11-17-21(31-19(14)12-16)20(23(26)30)22(25)29-13-15-7-5-6-8-18(15)27-24(17)29/h5-12,25H,3-4,13H2,1-2H3,(H2,26,30). The molecule has 2 aromatic carbocycles. The minimum atomic E-state index is -0.688. The Morgan fingerprint density at radius 3 is 2.74 bits per heavy atom. The smallest absolute Gasteiger partial charge is 0.256 e. The van der Waals surface area contributed by atoms with Crippen LogP contribution in [0.3, 0.4) is 0 Å². The Kier molecular flexibility index (Phi) is 4.39. The lowest BCUT2D eigenvalue weighted by Gasteiger charge is -2.25. The third kappa shape index (κ3) is 2.92. The van der Waals surface area contributed by atoms with Crippen molar-refractivity contribution >= 4 is 23.4 Å². The molecule has 3 N–H and O–H groups in total. The quantitative estimate of drug-likeness (QED) is 0.473. The van der Waals surface area contributed by atoms with E-state index in [1.807, 2.05) is 42.5 Å². The lowest BCUT2D eigenvalue weighted by molar-refractivity contribution is 0.0995. The van der Waals surface area contributed by atoms with Gasteiger partial charge in [0, 0.05) is 30.4 Å². The molecule has 1 amide bonds. The van der Waals surface area contributed by atoms with Gasteiger partial charge in [0.2, 0.25) is 0 Å². The van der Waals surface area contributed by atoms with Crippen LogP contribution in [0, 0.1) is 5.41 Å². The molecule has 0 aliphatic carbocycles. The number of hydrogen-bond acceptors (Lipinski definition) is 5. The molecule has 2 aliphatic rings. The summed E-state index contributed by atoms with van der Waals surface area (Å²) in [5, 5.41) is 9.36. The lowest BCUT2D eigenvalue weighted by Crippen LogP contribution is -2.49. The number of nitrogens with two attached hydrogens (primary N) is 1. The van der Waals surface area contributed by atoms with E-state index in [4.69, 9.17) is 20.9 Å². The topological polar surface area (TPSA) is 96.7 Å². The van der Waals surface area contributed by atoms with Crippen LogP contribution < -0.4 is 31.6 Å². The Balaban J connectivity index is 1.82. The Morgan fingerprint density at radius 2 is 2.00 bits per heavy atom. The number of carbonyl (C=O) groups is 1. The van der Waals surface area contributed by atoms with Gasteiger partial charge in [-0.3, -0.25) is 10.2 Å². The number of anilines is 1. The molecule has 0 unspecified atom stereocenters. The second-order valence-corrected chi connectivity index (χ2v) is 7.62. The van der Waals surface area contributed by atoms with Crippen molar-refractivity contribution in [1.29, 1.82) is 5.41 Å². The highest BCUT2D eigenvalue weighted by Gasteiger charge is 2.25. The first-order valence-corrected chi connectivity index (χ1v) is 10.4. The van der Waals surface area contributed by atoms with Gasteiger partial charge in [0.15, 0.2) is 5.75 Å². The zero-order valence-corrected chi connectivity index (χ0v) is 17.5. The summed E-state index contributed by atoms with van der Waals surface area (Å²) in [4.78, 5) is 19.4. The van der Waals surface area contributed by atoms with Crippen LogP contribution in [-0.2, 0) is 6.54 Å². The molecule has 7 nitrogen and oxygen atoms in total. The van der Waals surface area contributed by atoms with Crippen LogP contribution in [0.2, 0.25) is 0 Å². The number of nitrogens with zero attached hydrogens (tertiary/aromatic N) is 3. The van der Waals surface area contributed by atoms with E-state index >= 15 is 0 Å². The van der Waals surface area contributed by atoms with E-state index in [1.165, 1.54) is 0 Å². The molecule has 5 rings (SSSR count). The number of fused-ring (bicyclic) bond motifs is 5. The summed E-state index contributed by atoms with van der Waals surface area (Å²) >= 11 is 0. The van der Waals surface area contributed by atoms with Crippen molar-refractivity contribution in [3.05, 3.63) is 75.3 Å². The first-order chi connectivity index (χ1) is 15.0. The molecule has 1 aromatic heterocycles. The van der Waals surface area contributed by atoms with Gasteiger partial charge in [-0.15, -0.1) is 0 Å². The lowest BCUT2D eigenvalue weighted by atomic mass is 10.0. The molecule has 0 bridgehead atoms. The molecule has 7 heteroatoms. The van der Waals surface area contributed by atoms with Crippen molar-refractivity contribution in [2.75, 3.05) is 18.0 Å². The van der Waals surface area contributed by atoms with Crippen molar-refractivity contribution in [2.45, 2.75) is 20.4 Å². The monoisotopic (exact) mass is 413 g/mol. The number of aromatic nitrogens is 1. The summed E-state index contributed by atoms with van der Waals surface area (Å²) in [6.07, 6.45) is 1.97. The van der Waals surface area contributed by atoms with Crippen LogP contribution in [0.15, 0.2) is 47.5 Å². The van der Waals surface area contributed by atoms with Crippen LogP contribution in [0.25, 0.3) is 6.08 Å². The van der Waals surface area contributed by atoms with Gasteiger partial charge in [0.1, 0.15) is 22.3 Å². The number of primary amides is 1. The Bertz CT molecular complexity index is 1420. The van der Waals surface area contributed by atoms with Gasteiger partial charge in [-0.1, -0.05) is 18.2 Å². The fourth-order valence-corrected chi connectivity index (χ4v) is 4.29. The van der Waals surface area contributed by atoms with Crippen LogP contribution in [0.4, 0.5) is 11.4 Å². The van der Waals surface area contributed by atoms with E-state index in [-0.39, 0.29) is 11.1 Å². The molecule has 3 heterocycles. The van der Waals surface area contributed by atoms with E-state index < -0.39 is 5.91 Å². The van der Waals surface area contributed by atoms with Gasteiger partial charge in [0.25, 0.3) is 5.91 Å². The zero-order chi connectivity index (χ0) is 21.7. The summed E-state index contributed by atoms with van der Waals surface area (Å²) in [7, 11) is 0. The van der Waals surface area contributed by atoms with Crippen molar-refractivity contribution < 1.29 is 9.53 Å². The molecule has 0 saturated carbocycles. The summed E-state index contributed by atoms with van der Waals surface area (Å²) < 4.78 is 7.95. The Labute approximate surface area is 179 Å². The number of nitrogens with one attached hydrogen (secondary N) is 1. The Morgan fingerprint density at radius 1 is 1.23 bits per heavy atom. The van der Waals surface area contributed by atoms with Gasteiger partial charge < -0.3 is 19.9 Å². The molecular formula is C24H23N5O2. The first kappa shape index (κ1) is 19.1. The molecule has 0 saturated heterocycles. The number of pyridine rings is 1. The van der Waals surface area contributed by atoms with Crippen LogP contribution in [-0.4, -0.2) is 23.6 Å². The van der Waals surface area contributed by atoms with E-state index in [1.54, 1.807) is 4.57 Å². The van der Waals surface area contributed by atoms with Crippen molar-refractivity contribution in [1.82, 2.24) is 4.57 Å². The predicted octanol–water partition coefficient (Wildman–Crippen LogP) is 2.16. The van der Waals surface area contributed by atoms with Crippen molar-refractivity contribution in [3.63, 3.8) is 0 Å². The fraction of sp³-hybridized carbons (Fsp3) is 0.208. The zero-order valence-electron chi connectivity index (χ0n) is 17.5. The average molecular weight is 413 g/mol. The molecule has 0 fully saturated rings. The predicted molar refractivity (Wildman–Crippen MR) is 118 cm³/mol.